The number of aliphatic imine (C=N–C) groups is 1. The molecule has 0 aromatic carbocycles. The van der Waals surface area contributed by atoms with E-state index in [4.69, 9.17) is 4.74 Å². The summed E-state index contributed by atoms with van der Waals surface area (Å²) < 4.78 is 6.11. The van der Waals surface area contributed by atoms with E-state index < -0.39 is 0 Å². The lowest BCUT2D eigenvalue weighted by atomic mass is 9.78. The normalized spacial score (nSPS) is 26.6. The highest BCUT2D eigenvalue weighted by Gasteiger charge is 2.35. The van der Waals surface area contributed by atoms with E-state index in [9.17, 15) is 4.79 Å². The number of nitrogens with zero attached hydrogens (tertiary/aromatic N) is 3. The van der Waals surface area contributed by atoms with Crippen LogP contribution < -0.4 is 10.6 Å². The molecule has 2 aliphatic heterocycles. The predicted molar refractivity (Wildman–Crippen MR) is 128 cm³/mol. The van der Waals surface area contributed by atoms with Gasteiger partial charge in [0.1, 0.15) is 0 Å². The third-order valence-corrected chi connectivity index (χ3v) is 6.01. The maximum Gasteiger partial charge on any atom is 0.234 e. The first-order valence-electron chi connectivity index (χ1n) is 11.0. The number of carbonyl (C=O) groups is 1. The van der Waals surface area contributed by atoms with Gasteiger partial charge >= 0.3 is 0 Å². The van der Waals surface area contributed by atoms with E-state index in [1.165, 1.54) is 6.42 Å². The zero-order valence-corrected chi connectivity index (χ0v) is 20.9. The monoisotopic (exact) mass is 521 g/mol. The molecule has 3 fully saturated rings. The van der Waals surface area contributed by atoms with E-state index in [1.54, 1.807) is 0 Å². The molecule has 2 N–H and O–H groups in total. The average Bonchev–Trinajstić information content (AvgIpc) is 3.47. The molecule has 3 rings (SSSR count). The van der Waals surface area contributed by atoms with Crippen LogP contribution in [0, 0.1) is 11.3 Å². The van der Waals surface area contributed by atoms with Crippen molar-refractivity contribution >= 4 is 35.8 Å². The van der Waals surface area contributed by atoms with Crippen molar-refractivity contribution in [1.29, 1.82) is 0 Å². The average molecular weight is 521 g/mol. The second-order valence-electron chi connectivity index (χ2n) is 9.59. The molecule has 8 heteroatoms. The second-order valence-corrected chi connectivity index (χ2v) is 9.59. The minimum Gasteiger partial charge on any atom is -0.377 e. The van der Waals surface area contributed by atoms with Crippen LogP contribution in [0.4, 0.5) is 0 Å². The summed E-state index contributed by atoms with van der Waals surface area (Å²) in [7, 11) is 1.86. The highest BCUT2D eigenvalue weighted by atomic mass is 127. The Morgan fingerprint density at radius 1 is 1.14 bits per heavy atom. The highest BCUT2D eigenvalue weighted by Crippen LogP contribution is 2.33. The minimum absolute atomic E-state index is 0. The van der Waals surface area contributed by atoms with Crippen molar-refractivity contribution < 1.29 is 9.53 Å². The Morgan fingerprint density at radius 3 is 2.41 bits per heavy atom. The van der Waals surface area contributed by atoms with E-state index in [-0.39, 0.29) is 41.4 Å². The maximum absolute atomic E-state index is 12.0. The molecule has 0 spiro atoms. The molecule has 0 aromatic heterocycles. The molecule has 1 aliphatic carbocycles. The zero-order valence-electron chi connectivity index (χ0n) is 18.6. The van der Waals surface area contributed by atoms with Crippen LogP contribution in [0.1, 0.15) is 46.5 Å². The zero-order chi connectivity index (χ0) is 20.1. The molecule has 29 heavy (non-hydrogen) atoms. The number of guanidine groups is 1. The van der Waals surface area contributed by atoms with E-state index in [1.807, 2.05) is 7.05 Å². The van der Waals surface area contributed by atoms with Crippen molar-refractivity contribution in [1.82, 2.24) is 20.4 Å². The topological polar surface area (TPSA) is 69.2 Å². The molecular formula is C21H40IN5O2. The Balaban J connectivity index is 0.00000300. The molecule has 2 unspecified atom stereocenters. The Kier molecular flexibility index (Phi) is 9.47. The molecule has 1 amide bonds. The van der Waals surface area contributed by atoms with Gasteiger partial charge in [-0.1, -0.05) is 20.8 Å². The number of ether oxygens (including phenoxy) is 1. The SMILES string of the molecule is CN=C(NCC1CCCOC1C(C)(C)C)N1CCN(CC(=O)NC2CC2)CC1.I. The van der Waals surface area contributed by atoms with Crippen LogP contribution in [0.15, 0.2) is 4.99 Å². The van der Waals surface area contributed by atoms with Gasteiger partial charge < -0.3 is 20.3 Å². The molecule has 0 bridgehead atoms. The van der Waals surface area contributed by atoms with Crippen molar-refractivity contribution in [3.05, 3.63) is 0 Å². The molecule has 2 saturated heterocycles. The molecule has 0 radical (unpaired) electrons. The van der Waals surface area contributed by atoms with Gasteiger partial charge in [-0.3, -0.25) is 14.7 Å². The molecule has 0 aromatic rings. The first-order chi connectivity index (χ1) is 13.4. The van der Waals surface area contributed by atoms with E-state index >= 15 is 0 Å². The van der Waals surface area contributed by atoms with Gasteiger partial charge in [-0.25, -0.2) is 0 Å². The highest BCUT2D eigenvalue weighted by molar-refractivity contribution is 14.0. The number of nitrogens with one attached hydrogen (secondary N) is 2. The lowest BCUT2D eigenvalue weighted by molar-refractivity contribution is -0.122. The minimum atomic E-state index is 0. The van der Waals surface area contributed by atoms with Crippen molar-refractivity contribution in [3.8, 4) is 0 Å². The number of rotatable bonds is 5. The smallest absolute Gasteiger partial charge is 0.234 e. The summed E-state index contributed by atoms with van der Waals surface area (Å²) in [4.78, 5) is 21.1. The summed E-state index contributed by atoms with van der Waals surface area (Å²) in [5.74, 6) is 1.65. The standard InChI is InChI=1S/C21H39N5O2.HI/c1-21(2,3)19-16(6-5-13-28-19)14-23-20(22-4)26-11-9-25(10-12-26)15-18(27)24-17-7-8-17;/h16-17,19H,5-15H2,1-4H3,(H,22,23)(H,24,27);1H. The van der Waals surface area contributed by atoms with Crippen molar-refractivity contribution in [3.63, 3.8) is 0 Å². The number of halogens is 1. The Bertz CT molecular complexity index is 554. The Labute approximate surface area is 193 Å². The number of carbonyl (C=O) groups excluding carboxylic acids is 1. The van der Waals surface area contributed by atoms with Gasteiger partial charge in [-0.2, -0.15) is 0 Å². The quantitative estimate of drug-likeness (QED) is 0.329. The van der Waals surface area contributed by atoms with Gasteiger partial charge in [0.05, 0.1) is 12.6 Å². The molecule has 168 valence electrons. The molecule has 1 saturated carbocycles. The first-order valence-corrected chi connectivity index (χ1v) is 11.0. The third-order valence-electron chi connectivity index (χ3n) is 6.01. The number of amides is 1. The van der Waals surface area contributed by atoms with Crippen LogP contribution in [0.25, 0.3) is 0 Å². The van der Waals surface area contributed by atoms with Gasteiger partial charge in [-0.05, 0) is 31.1 Å². The molecule has 3 aliphatic rings. The van der Waals surface area contributed by atoms with Crippen LogP contribution in [0.5, 0.6) is 0 Å². The summed E-state index contributed by atoms with van der Waals surface area (Å²) in [5, 5.41) is 6.68. The van der Waals surface area contributed by atoms with Crippen molar-refractivity contribution in [2.45, 2.75) is 58.6 Å². The van der Waals surface area contributed by atoms with E-state index in [0.717, 1.165) is 64.6 Å². The summed E-state index contributed by atoms with van der Waals surface area (Å²) in [6.45, 7) is 12.7. The second kappa shape index (κ2) is 11.1. The number of hydrogen-bond donors (Lipinski definition) is 2. The Morgan fingerprint density at radius 2 is 1.83 bits per heavy atom. The van der Waals surface area contributed by atoms with Crippen LogP contribution >= 0.6 is 24.0 Å². The van der Waals surface area contributed by atoms with Crippen LogP contribution in [-0.4, -0.2) is 86.7 Å². The third kappa shape index (κ3) is 7.54. The molecule has 7 nitrogen and oxygen atoms in total. The van der Waals surface area contributed by atoms with Crippen molar-refractivity contribution in [2.75, 3.05) is 52.9 Å². The molecular weight excluding hydrogens is 481 g/mol. The fraction of sp³-hybridized carbons (Fsp3) is 0.905. The number of piperazine rings is 1. The van der Waals surface area contributed by atoms with Gasteiger partial charge in [-0.15, -0.1) is 24.0 Å². The summed E-state index contributed by atoms with van der Waals surface area (Å²) in [6.07, 6.45) is 4.91. The Hall–Kier alpha value is -0.610. The predicted octanol–water partition coefficient (Wildman–Crippen LogP) is 1.92. The maximum atomic E-state index is 12.0. The summed E-state index contributed by atoms with van der Waals surface area (Å²) in [6, 6.07) is 0.442. The van der Waals surface area contributed by atoms with Gasteiger partial charge in [0.15, 0.2) is 5.96 Å². The van der Waals surface area contributed by atoms with Crippen LogP contribution in [0.2, 0.25) is 0 Å². The number of hydrogen-bond acceptors (Lipinski definition) is 4. The van der Waals surface area contributed by atoms with Crippen molar-refractivity contribution in [2.24, 2.45) is 16.3 Å². The fourth-order valence-corrected chi connectivity index (χ4v) is 4.39. The molecule has 2 heterocycles. The largest absolute Gasteiger partial charge is 0.377 e. The van der Waals surface area contributed by atoms with Crippen LogP contribution in [-0.2, 0) is 9.53 Å². The van der Waals surface area contributed by atoms with E-state index in [0.29, 0.717) is 18.5 Å². The molecule has 2 atom stereocenters. The van der Waals surface area contributed by atoms with Gasteiger partial charge in [0.2, 0.25) is 5.91 Å². The lowest BCUT2D eigenvalue weighted by Crippen LogP contribution is -2.55. The van der Waals surface area contributed by atoms with E-state index in [2.05, 4.69) is 46.2 Å². The van der Waals surface area contributed by atoms with Gasteiger partial charge in [0, 0.05) is 58.3 Å². The first kappa shape index (κ1) is 24.7. The summed E-state index contributed by atoms with van der Waals surface area (Å²) in [5.41, 5.74) is 0.156. The van der Waals surface area contributed by atoms with Gasteiger partial charge in [0.25, 0.3) is 0 Å². The fourth-order valence-electron chi connectivity index (χ4n) is 4.39. The lowest BCUT2D eigenvalue weighted by Gasteiger charge is -2.41. The van der Waals surface area contributed by atoms with Crippen LogP contribution in [0.3, 0.4) is 0 Å². The summed E-state index contributed by atoms with van der Waals surface area (Å²) >= 11 is 0.